The molecule has 120 valence electrons. The molecule has 1 amide bonds. The molecule has 3 N–H and O–H groups in total. The lowest BCUT2D eigenvalue weighted by Gasteiger charge is -2.38. The summed E-state index contributed by atoms with van der Waals surface area (Å²) in [5.74, 6) is 0.500. The topological polar surface area (TPSA) is 66.6 Å². The summed E-state index contributed by atoms with van der Waals surface area (Å²) < 4.78 is 0. The fourth-order valence-corrected chi connectivity index (χ4v) is 3.94. The highest BCUT2D eigenvalue weighted by Gasteiger charge is 2.35. The van der Waals surface area contributed by atoms with Crippen molar-refractivity contribution in [3.05, 3.63) is 29.3 Å². The van der Waals surface area contributed by atoms with Gasteiger partial charge in [-0.05, 0) is 54.5 Å². The van der Waals surface area contributed by atoms with E-state index < -0.39 is 0 Å². The quantitative estimate of drug-likeness (QED) is 0.902. The van der Waals surface area contributed by atoms with Crippen molar-refractivity contribution >= 4 is 5.91 Å². The van der Waals surface area contributed by atoms with E-state index >= 15 is 0 Å². The number of amides is 1. The average molecular weight is 302 g/mol. The van der Waals surface area contributed by atoms with Crippen molar-refractivity contribution in [3.8, 4) is 5.75 Å². The molecule has 22 heavy (non-hydrogen) atoms. The van der Waals surface area contributed by atoms with Gasteiger partial charge in [0.15, 0.2) is 0 Å². The largest absolute Gasteiger partial charge is 0.508 e. The third-order valence-corrected chi connectivity index (χ3v) is 5.43. The summed E-state index contributed by atoms with van der Waals surface area (Å²) in [5, 5.41) is 9.63. The highest BCUT2D eigenvalue weighted by atomic mass is 16.3. The van der Waals surface area contributed by atoms with E-state index in [4.69, 9.17) is 5.73 Å². The molecule has 1 fully saturated rings. The molecule has 1 heterocycles. The summed E-state index contributed by atoms with van der Waals surface area (Å²) in [5.41, 5.74) is 8.35. The normalized spacial score (nSPS) is 20.5. The van der Waals surface area contributed by atoms with Crippen LogP contribution >= 0.6 is 0 Å². The molecule has 0 bridgehead atoms. The van der Waals surface area contributed by atoms with Gasteiger partial charge in [-0.15, -0.1) is 0 Å². The Balaban J connectivity index is 1.68. The summed E-state index contributed by atoms with van der Waals surface area (Å²) in [6.07, 6.45) is 7.28. The molecule has 1 aliphatic carbocycles. The zero-order valence-electron chi connectivity index (χ0n) is 13.2. The molecule has 0 aromatic heterocycles. The van der Waals surface area contributed by atoms with Gasteiger partial charge in [0.25, 0.3) is 0 Å². The zero-order chi connectivity index (χ0) is 15.6. The fraction of sp³-hybridized carbons (Fsp3) is 0.611. The summed E-state index contributed by atoms with van der Waals surface area (Å²) >= 11 is 0. The van der Waals surface area contributed by atoms with Crippen LogP contribution in [-0.2, 0) is 17.8 Å². The van der Waals surface area contributed by atoms with E-state index in [0.29, 0.717) is 19.5 Å². The summed E-state index contributed by atoms with van der Waals surface area (Å²) in [7, 11) is 0. The van der Waals surface area contributed by atoms with Crippen molar-refractivity contribution in [1.29, 1.82) is 0 Å². The number of hydrogen-bond acceptors (Lipinski definition) is 3. The van der Waals surface area contributed by atoms with Crippen LogP contribution in [0.5, 0.6) is 5.75 Å². The first-order valence-electron chi connectivity index (χ1n) is 8.40. The summed E-state index contributed by atoms with van der Waals surface area (Å²) in [6, 6.07) is 5.48. The SMILES string of the molecule is NCC1(CC(=O)N2CCc3ccc(O)cc3C2)CCCCC1. The van der Waals surface area contributed by atoms with Gasteiger partial charge >= 0.3 is 0 Å². The molecule has 3 rings (SSSR count). The van der Waals surface area contributed by atoms with Gasteiger partial charge in [0, 0.05) is 19.5 Å². The second-order valence-electron chi connectivity index (χ2n) is 6.96. The van der Waals surface area contributed by atoms with Gasteiger partial charge < -0.3 is 15.7 Å². The molecule has 1 aliphatic heterocycles. The molecule has 0 spiro atoms. The molecule has 1 aromatic carbocycles. The molecule has 4 nitrogen and oxygen atoms in total. The molecule has 1 aromatic rings. The Labute approximate surface area is 132 Å². The standard InChI is InChI=1S/C18H26N2O2/c19-13-18(7-2-1-3-8-18)11-17(22)20-9-6-14-4-5-16(21)10-15(14)12-20/h4-5,10,21H,1-3,6-9,11-13,19H2. The molecule has 2 aliphatic rings. The maximum Gasteiger partial charge on any atom is 0.223 e. The van der Waals surface area contributed by atoms with E-state index in [1.807, 2.05) is 11.0 Å². The van der Waals surface area contributed by atoms with E-state index in [9.17, 15) is 9.90 Å². The maximum atomic E-state index is 12.7. The van der Waals surface area contributed by atoms with E-state index in [0.717, 1.165) is 31.4 Å². The minimum Gasteiger partial charge on any atom is -0.508 e. The molecule has 4 heteroatoms. The molecule has 0 radical (unpaired) electrons. The van der Waals surface area contributed by atoms with Gasteiger partial charge in [-0.3, -0.25) is 4.79 Å². The lowest BCUT2D eigenvalue weighted by Crippen LogP contribution is -2.42. The van der Waals surface area contributed by atoms with Crippen molar-refractivity contribution < 1.29 is 9.90 Å². The average Bonchev–Trinajstić information content (AvgIpc) is 2.55. The number of nitrogens with zero attached hydrogens (tertiary/aromatic N) is 1. The lowest BCUT2D eigenvalue weighted by molar-refractivity contribution is -0.135. The number of fused-ring (bicyclic) bond motifs is 1. The van der Waals surface area contributed by atoms with Gasteiger partial charge in [0.2, 0.25) is 5.91 Å². The second-order valence-corrected chi connectivity index (χ2v) is 6.96. The van der Waals surface area contributed by atoms with Gasteiger partial charge in [-0.25, -0.2) is 0 Å². The minimum absolute atomic E-state index is 0.0223. The monoisotopic (exact) mass is 302 g/mol. The van der Waals surface area contributed by atoms with Crippen molar-refractivity contribution in [1.82, 2.24) is 4.90 Å². The molecule has 0 atom stereocenters. The third-order valence-electron chi connectivity index (χ3n) is 5.43. The zero-order valence-corrected chi connectivity index (χ0v) is 13.2. The number of carbonyl (C=O) groups is 1. The van der Waals surface area contributed by atoms with Crippen LogP contribution in [0.1, 0.15) is 49.7 Å². The van der Waals surface area contributed by atoms with Crippen LogP contribution in [0.15, 0.2) is 18.2 Å². The minimum atomic E-state index is 0.0223. The van der Waals surface area contributed by atoms with Gasteiger partial charge in [0.1, 0.15) is 5.75 Å². The lowest BCUT2D eigenvalue weighted by atomic mass is 9.71. The predicted octanol–water partition coefficient (Wildman–Crippen LogP) is 2.58. The molecular formula is C18H26N2O2. The van der Waals surface area contributed by atoms with E-state index in [1.165, 1.54) is 24.8 Å². The molecular weight excluding hydrogens is 276 g/mol. The number of nitrogens with two attached hydrogens (primary N) is 1. The Morgan fingerprint density at radius 1 is 1.23 bits per heavy atom. The van der Waals surface area contributed by atoms with Gasteiger partial charge in [-0.2, -0.15) is 0 Å². The number of phenolic OH excluding ortho intramolecular Hbond substituents is 1. The van der Waals surface area contributed by atoms with Crippen LogP contribution in [0, 0.1) is 5.41 Å². The van der Waals surface area contributed by atoms with Crippen LogP contribution in [0.2, 0.25) is 0 Å². The number of hydrogen-bond donors (Lipinski definition) is 2. The maximum absolute atomic E-state index is 12.7. The van der Waals surface area contributed by atoms with E-state index in [1.54, 1.807) is 12.1 Å². The van der Waals surface area contributed by atoms with Gasteiger partial charge in [-0.1, -0.05) is 25.3 Å². The molecule has 0 unspecified atom stereocenters. The first-order chi connectivity index (χ1) is 10.6. The predicted molar refractivity (Wildman–Crippen MR) is 86.4 cm³/mol. The third kappa shape index (κ3) is 3.12. The van der Waals surface area contributed by atoms with Crippen LogP contribution in [0.4, 0.5) is 0 Å². The van der Waals surface area contributed by atoms with E-state index in [-0.39, 0.29) is 17.1 Å². The van der Waals surface area contributed by atoms with Crippen molar-refractivity contribution in [2.24, 2.45) is 11.1 Å². The Bertz CT molecular complexity index is 550. The van der Waals surface area contributed by atoms with Crippen molar-refractivity contribution in [2.45, 2.75) is 51.5 Å². The fourth-order valence-electron chi connectivity index (χ4n) is 3.94. The van der Waals surface area contributed by atoms with Crippen LogP contribution in [0.25, 0.3) is 0 Å². The van der Waals surface area contributed by atoms with Crippen LogP contribution in [0.3, 0.4) is 0 Å². The number of benzene rings is 1. The van der Waals surface area contributed by atoms with E-state index in [2.05, 4.69) is 0 Å². The smallest absolute Gasteiger partial charge is 0.223 e. The second kappa shape index (κ2) is 6.29. The summed E-state index contributed by atoms with van der Waals surface area (Å²) in [4.78, 5) is 14.7. The van der Waals surface area contributed by atoms with Crippen LogP contribution < -0.4 is 5.73 Å². The highest BCUT2D eigenvalue weighted by Crippen LogP contribution is 2.39. The molecule has 0 saturated heterocycles. The Morgan fingerprint density at radius 3 is 2.73 bits per heavy atom. The Kier molecular flexibility index (Phi) is 4.39. The van der Waals surface area contributed by atoms with Crippen molar-refractivity contribution in [3.63, 3.8) is 0 Å². The number of rotatable bonds is 3. The van der Waals surface area contributed by atoms with Crippen molar-refractivity contribution in [2.75, 3.05) is 13.1 Å². The number of carbonyl (C=O) groups excluding carboxylic acids is 1. The number of phenols is 1. The van der Waals surface area contributed by atoms with Crippen LogP contribution in [-0.4, -0.2) is 29.0 Å². The number of aromatic hydroxyl groups is 1. The molecule has 1 saturated carbocycles. The Morgan fingerprint density at radius 2 is 2.00 bits per heavy atom. The first kappa shape index (κ1) is 15.3. The highest BCUT2D eigenvalue weighted by molar-refractivity contribution is 5.77. The first-order valence-corrected chi connectivity index (χ1v) is 8.40. The van der Waals surface area contributed by atoms with Gasteiger partial charge in [0.05, 0.1) is 0 Å². The Hall–Kier alpha value is -1.55. The summed E-state index contributed by atoms with van der Waals surface area (Å²) in [6.45, 7) is 2.00.